The summed E-state index contributed by atoms with van der Waals surface area (Å²) in [6.07, 6.45) is 14.3. The van der Waals surface area contributed by atoms with Crippen molar-refractivity contribution in [3.05, 3.63) is 77.6 Å². The Hall–Kier alpha value is -5.31. The molecule has 0 saturated carbocycles. The van der Waals surface area contributed by atoms with E-state index >= 15 is 0 Å². The number of pyridine rings is 4. The monoisotopic (exact) mass is 798 g/mol. The molecule has 0 amide bonds. The van der Waals surface area contributed by atoms with Gasteiger partial charge >= 0.3 is 0 Å². The predicted molar refractivity (Wildman–Crippen MR) is 228 cm³/mol. The van der Waals surface area contributed by atoms with Crippen molar-refractivity contribution in [2.24, 2.45) is 0 Å². The van der Waals surface area contributed by atoms with Crippen molar-refractivity contribution in [2.75, 3.05) is 77.8 Å². The Morgan fingerprint density at radius 2 is 1.23 bits per heavy atom. The number of anilines is 3. The van der Waals surface area contributed by atoms with Crippen molar-refractivity contribution in [3.63, 3.8) is 0 Å². The number of nitrogen functional groups attached to an aromatic ring is 1. The van der Waals surface area contributed by atoms with Gasteiger partial charge in [-0.1, -0.05) is 11.6 Å². The van der Waals surface area contributed by atoms with Crippen molar-refractivity contribution in [1.29, 1.82) is 0 Å². The van der Waals surface area contributed by atoms with E-state index in [0.29, 0.717) is 47.8 Å². The van der Waals surface area contributed by atoms with E-state index in [0.717, 1.165) is 70.1 Å². The van der Waals surface area contributed by atoms with Gasteiger partial charge in [-0.3, -0.25) is 0 Å². The van der Waals surface area contributed by atoms with E-state index in [1.54, 1.807) is 32.7 Å². The summed E-state index contributed by atoms with van der Waals surface area (Å²) in [4.78, 5) is 28.3. The Kier molecular flexibility index (Phi) is 15.0. The molecular formula is C42H55ClN10O4. The maximum Gasteiger partial charge on any atom is 0.179 e. The van der Waals surface area contributed by atoms with Crippen molar-refractivity contribution < 1.29 is 18.9 Å². The zero-order valence-electron chi connectivity index (χ0n) is 33.4. The highest BCUT2D eigenvalue weighted by Gasteiger charge is 2.14. The Bertz CT molecular complexity index is 2160. The van der Waals surface area contributed by atoms with Crippen molar-refractivity contribution in [2.45, 2.75) is 52.4 Å². The SMILES string of the molecule is COc1cnc(N)cc1OCCCN1CCCC1.COc1cnc(Nc2cc(C)nc3[nH]ccc23)cc1OCCCN1CCCC1.Cc1cc(Cl)c2cc[nH]c2n1. The number of fused-ring (bicyclic) bond motifs is 2. The summed E-state index contributed by atoms with van der Waals surface area (Å²) >= 11 is 5.94. The number of methoxy groups -OCH3 is 2. The Morgan fingerprint density at radius 1 is 0.702 bits per heavy atom. The molecule has 2 aliphatic heterocycles. The number of aryl methyl sites for hydroxylation is 2. The van der Waals surface area contributed by atoms with Gasteiger partial charge in [0.1, 0.15) is 22.9 Å². The normalized spacial score (nSPS) is 14.2. The van der Waals surface area contributed by atoms with Gasteiger partial charge in [0.15, 0.2) is 23.0 Å². The molecule has 0 bridgehead atoms. The van der Waals surface area contributed by atoms with Gasteiger partial charge in [-0.05, 0) is 103 Å². The van der Waals surface area contributed by atoms with Crippen LogP contribution in [0.4, 0.5) is 17.3 Å². The van der Waals surface area contributed by atoms with Gasteiger partial charge in [0.25, 0.3) is 0 Å². The van der Waals surface area contributed by atoms with Gasteiger partial charge in [-0.15, -0.1) is 0 Å². The first kappa shape index (κ1) is 41.3. The van der Waals surface area contributed by atoms with Crippen molar-refractivity contribution in [1.82, 2.24) is 39.7 Å². The molecule has 0 radical (unpaired) electrons. The molecule has 8 rings (SSSR count). The van der Waals surface area contributed by atoms with Gasteiger partial charge < -0.3 is 49.8 Å². The number of aromatic amines is 2. The van der Waals surface area contributed by atoms with Crippen LogP contribution in [0.2, 0.25) is 5.02 Å². The fourth-order valence-corrected chi connectivity index (χ4v) is 7.25. The summed E-state index contributed by atoms with van der Waals surface area (Å²) in [5.74, 6) is 3.81. The second-order valence-electron chi connectivity index (χ2n) is 14.1. The van der Waals surface area contributed by atoms with Crippen LogP contribution in [0.5, 0.6) is 23.0 Å². The molecule has 0 atom stereocenters. The van der Waals surface area contributed by atoms with E-state index in [1.807, 2.05) is 56.6 Å². The van der Waals surface area contributed by atoms with Crippen LogP contribution in [-0.2, 0) is 0 Å². The van der Waals surface area contributed by atoms with Crippen LogP contribution in [0, 0.1) is 13.8 Å². The second-order valence-corrected chi connectivity index (χ2v) is 14.6. The number of nitrogens with one attached hydrogen (secondary N) is 3. The lowest BCUT2D eigenvalue weighted by Crippen LogP contribution is -2.21. The van der Waals surface area contributed by atoms with Gasteiger partial charge in [0.05, 0.1) is 50.5 Å². The lowest BCUT2D eigenvalue weighted by atomic mass is 10.2. The van der Waals surface area contributed by atoms with Gasteiger partial charge in [-0.2, -0.15) is 0 Å². The number of H-pyrrole nitrogens is 2. The standard InChI is InChI=1S/C21H27N5O2.C13H21N3O2.C8H7ClN2/c1-15-12-17(16-6-7-22-21(16)24-15)25-20-13-18(19(27-2)14-23-20)28-11-5-10-26-8-3-4-9-26;1-17-12-10-15-13(14)9-11(12)18-8-4-7-16-5-2-3-6-16;1-5-4-7(9)6-2-3-10-8(6)11-5/h6-7,12-14H,3-5,8-11H2,1-2H3,(H2,22,23,24,25);9-10H,2-8H2,1H3,(H2,14,15);2-4H,1H3,(H,10,11). The Morgan fingerprint density at radius 3 is 1.82 bits per heavy atom. The van der Waals surface area contributed by atoms with Crippen molar-refractivity contribution in [3.8, 4) is 23.0 Å². The number of ether oxygens (including phenoxy) is 4. The Balaban J connectivity index is 0.000000161. The number of nitrogens with zero attached hydrogens (tertiary/aromatic N) is 6. The second kappa shape index (κ2) is 20.7. The quantitative estimate of drug-likeness (QED) is 0.0788. The first-order chi connectivity index (χ1) is 27.8. The van der Waals surface area contributed by atoms with Crippen LogP contribution in [0.25, 0.3) is 22.1 Å². The smallest absolute Gasteiger partial charge is 0.179 e. The van der Waals surface area contributed by atoms with Crippen LogP contribution in [0.3, 0.4) is 0 Å². The summed E-state index contributed by atoms with van der Waals surface area (Å²) in [6.45, 7) is 12.3. The molecule has 8 heterocycles. The fraction of sp³-hybridized carbons (Fsp3) is 0.429. The topological polar surface area (TPSA) is 165 Å². The van der Waals surface area contributed by atoms with E-state index in [9.17, 15) is 0 Å². The molecular weight excluding hydrogens is 744 g/mol. The average molecular weight is 799 g/mol. The van der Waals surface area contributed by atoms with E-state index < -0.39 is 0 Å². The molecule has 0 spiro atoms. The summed E-state index contributed by atoms with van der Waals surface area (Å²) < 4.78 is 22.3. The highest BCUT2D eigenvalue weighted by atomic mass is 35.5. The van der Waals surface area contributed by atoms with E-state index in [-0.39, 0.29) is 0 Å². The van der Waals surface area contributed by atoms with E-state index in [4.69, 9.17) is 36.3 Å². The molecule has 2 aliphatic rings. The molecule has 0 unspecified atom stereocenters. The van der Waals surface area contributed by atoms with E-state index in [2.05, 4.69) is 45.0 Å². The lowest BCUT2D eigenvalue weighted by molar-refractivity contribution is 0.254. The molecule has 15 heteroatoms. The number of likely N-dealkylation sites (tertiary alicyclic amines) is 2. The minimum absolute atomic E-state index is 0.449. The zero-order valence-corrected chi connectivity index (χ0v) is 34.2. The summed E-state index contributed by atoms with van der Waals surface area (Å²) in [6, 6.07) is 11.4. The first-order valence-corrected chi connectivity index (χ1v) is 20.0. The fourth-order valence-electron chi connectivity index (χ4n) is 6.94. The lowest BCUT2D eigenvalue weighted by Gasteiger charge is -2.16. The predicted octanol–water partition coefficient (Wildman–Crippen LogP) is 7.95. The molecule has 2 saturated heterocycles. The van der Waals surface area contributed by atoms with Crippen molar-refractivity contribution >= 4 is 51.0 Å². The molecule has 0 aliphatic carbocycles. The highest BCUT2D eigenvalue weighted by Crippen LogP contribution is 2.32. The average Bonchev–Trinajstić information content (AvgIpc) is 4.05. The molecule has 304 valence electrons. The molecule has 14 nitrogen and oxygen atoms in total. The van der Waals surface area contributed by atoms with Crippen LogP contribution < -0.4 is 30.0 Å². The molecule has 6 aromatic heterocycles. The minimum atomic E-state index is 0.449. The highest BCUT2D eigenvalue weighted by molar-refractivity contribution is 6.35. The van der Waals surface area contributed by atoms with E-state index in [1.165, 1.54) is 51.9 Å². The van der Waals surface area contributed by atoms with Crippen LogP contribution in [0.1, 0.15) is 49.9 Å². The Labute approximate surface area is 339 Å². The zero-order chi connectivity index (χ0) is 40.0. The summed E-state index contributed by atoms with van der Waals surface area (Å²) in [7, 11) is 3.24. The molecule has 5 N–H and O–H groups in total. The largest absolute Gasteiger partial charge is 0.491 e. The number of aromatic nitrogens is 6. The summed E-state index contributed by atoms with van der Waals surface area (Å²) in [5.41, 5.74) is 10.2. The first-order valence-electron chi connectivity index (χ1n) is 19.7. The molecule has 2 fully saturated rings. The summed E-state index contributed by atoms with van der Waals surface area (Å²) in [5, 5.41) is 6.15. The van der Waals surface area contributed by atoms with Crippen LogP contribution >= 0.6 is 11.6 Å². The number of rotatable bonds is 14. The van der Waals surface area contributed by atoms with Crippen LogP contribution in [-0.4, -0.2) is 106 Å². The number of hydrogen-bond donors (Lipinski definition) is 4. The maximum absolute atomic E-state index is 6.01. The maximum atomic E-state index is 6.01. The molecule has 57 heavy (non-hydrogen) atoms. The third-order valence-corrected chi connectivity index (χ3v) is 10.1. The van der Waals surface area contributed by atoms with Gasteiger partial charge in [0, 0.05) is 59.8 Å². The third kappa shape index (κ3) is 11.9. The number of nitrogens with two attached hydrogens (primary N) is 1. The molecule has 0 aromatic carbocycles. The van der Waals surface area contributed by atoms with Crippen LogP contribution in [0.15, 0.2) is 61.2 Å². The number of hydrogen-bond acceptors (Lipinski definition) is 12. The minimum Gasteiger partial charge on any atom is -0.491 e. The van der Waals surface area contributed by atoms with Gasteiger partial charge in [0.2, 0.25) is 0 Å². The number of halogens is 1. The third-order valence-electron chi connectivity index (χ3n) is 9.80. The van der Waals surface area contributed by atoms with Gasteiger partial charge in [-0.25, -0.2) is 19.9 Å². The molecule has 6 aromatic rings.